The van der Waals surface area contributed by atoms with Crippen molar-refractivity contribution in [1.82, 2.24) is 24.8 Å². The lowest BCUT2D eigenvalue weighted by Crippen LogP contribution is -2.74. The van der Waals surface area contributed by atoms with E-state index in [1.54, 1.807) is 52.3 Å². The lowest BCUT2D eigenvalue weighted by molar-refractivity contribution is -0.196. The van der Waals surface area contributed by atoms with E-state index in [-0.39, 0.29) is 37.1 Å². The van der Waals surface area contributed by atoms with Crippen LogP contribution in [0.15, 0.2) is 60.8 Å². The Morgan fingerprint density at radius 2 is 1.88 bits per heavy atom. The van der Waals surface area contributed by atoms with Crippen molar-refractivity contribution < 1.29 is 19.5 Å². The molecule has 3 amide bonds. The van der Waals surface area contributed by atoms with Gasteiger partial charge in [-0.1, -0.05) is 30.3 Å². The molecule has 0 spiro atoms. The molecule has 0 saturated carbocycles. The Bertz CT molecular complexity index is 1240. The molecule has 2 aliphatic rings. The molecule has 1 N–H and O–H groups in total. The van der Waals surface area contributed by atoms with Crippen LogP contribution in [-0.4, -0.2) is 80.5 Å². The second-order valence-corrected chi connectivity index (χ2v) is 8.68. The van der Waals surface area contributed by atoms with Gasteiger partial charge < -0.3 is 14.9 Å². The van der Waals surface area contributed by atoms with Crippen molar-refractivity contribution in [2.24, 2.45) is 0 Å². The summed E-state index contributed by atoms with van der Waals surface area (Å²) in [5.74, 6) is -0.240. The minimum atomic E-state index is -0.764. The smallest absolute Gasteiger partial charge is 0.246 e. The molecule has 1 unspecified atom stereocenters. The first-order valence-corrected chi connectivity index (χ1v) is 11.1. The number of aromatic nitrogens is 1. The summed E-state index contributed by atoms with van der Waals surface area (Å²) in [6, 6.07) is 15.5. The predicted molar refractivity (Wildman–Crippen MR) is 124 cm³/mol. The van der Waals surface area contributed by atoms with E-state index >= 15 is 0 Å². The number of hydrazine groups is 1. The minimum Gasteiger partial charge on any atom is -0.508 e. The van der Waals surface area contributed by atoms with Crippen molar-refractivity contribution in [2.45, 2.75) is 25.2 Å². The van der Waals surface area contributed by atoms with E-state index < -0.39 is 12.2 Å². The molecule has 2 aromatic carbocycles. The van der Waals surface area contributed by atoms with E-state index in [0.717, 1.165) is 22.0 Å². The topological polar surface area (TPSA) is 97.3 Å². The number of carbonyl (C=O) groups is 3. The highest BCUT2D eigenvalue weighted by Gasteiger charge is 2.49. The van der Waals surface area contributed by atoms with Gasteiger partial charge in [-0.05, 0) is 35.4 Å². The summed E-state index contributed by atoms with van der Waals surface area (Å²) >= 11 is 0. The second kappa shape index (κ2) is 8.75. The van der Waals surface area contributed by atoms with Gasteiger partial charge in [0.1, 0.15) is 18.0 Å². The Kier molecular flexibility index (Phi) is 5.62. The van der Waals surface area contributed by atoms with Gasteiger partial charge in [0.25, 0.3) is 0 Å². The Morgan fingerprint density at radius 3 is 2.65 bits per heavy atom. The van der Waals surface area contributed by atoms with E-state index in [2.05, 4.69) is 4.98 Å². The van der Waals surface area contributed by atoms with Gasteiger partial charge in [-0.3, -0.25) is 24.4 Å². The van der Waals surface area contributed by atoms with Crippen molar-refractivity contribution in [1.29, 1.82) is 0 Å². The Labute approximate surface area is 196 Å². The van der Waals surface area contributed by atoms with Crippen molar-refractivity contribution in [2.75, 3.05) is 20.1 Å². The zero-order valence-electron chi connectivity index (χ0n) is 18.7. The predicted octanol–water partition coefficient (Wildman–Crippen LogP) is 1.37. The summed E-state index contributed by atoms with van der Waals surface area (Å²) in [5, 5.41) is 13.7. The van der Waals surface area contributed by atoms with E-state index in [4.69, 9.17) is 0 Å². The normalized spacial score (nSPS) is 21.1. The summed E-state index contributed by atoms with van der Waals surface area (Å²) in [7, 11) is 1.69. The fraction of sp³-hybridized carbons (Fsp3) is 0.280. The van der Waals surface area contributed by atoms with Crippen molar-refractivity contribution >= 4 is 29.1 Å². The van der Waals surface area contributed by atoms with Crippen LogP contribution < -0.4 is 0 Å². The van der Waals surface area contributed by atoms with Crippen LogP contribution in [0.3, 0.4) is 0 Å². The molecule has 2 atom stereocenters. The first kappa shape index (κ1) is 21.8. The zero-order valence-corrected chi connectivity index (χ0v) is 18.7. The third kappa shape index (κ3) is 3.84. The largest absolute Gasteiger partial charge is 0.508 e. The number of likely N-dealkylation sites (N-methyl/N-ethyl adjacent to an activating group) is 1. The zero-order chi connectivity index (χ0) is 23.8. The molecule has 1 aromatic heterocycles. The fourth-order valence-electron chi connectivity index (χ4n) is 4.89. The molecule has 34 heavy (non-hydrogen) atoms. The Hall–Kier alpha value is -3.98. The molecule has 2 saturated heterocycles. The lowest BCUT2D eigenvalue weighted by atomic mass is 9.98. The van der Waals surface area contributed by atoms with Gasteiger partial charge in [0.05, 0.1) is 18.6 Å². The van der Waals surface area contributed by atoms with E-state index in [1.165, 1.54) is 5.01 Å². The van der Waals surface area contributed by atoms with Crippen LogP contribution in [0.1, 0.15) is 11.1 Å². The van der Waals surface area contributed by atoms with Crippen LogP contribution in [0, 0.1) is 0 Å². The van der Waals surface area contributed by atoms with Crippen LogP contribution >= 0.6 is 0 Å². The summed E-state index contributed by atoms with van der Waals surface area (Å²) in [4.78, 5) is 46.5. The molecule has 0 aliphatic carbocycles. The third-order valence-electron chi connectivity index (χ3n) is 6.56. The monoisotopic (exact) mass is 459 g/mol. The number of fused-ring (bicyclic) bond motifs is 2. The van der Waals surface area contributed by atoms with E-state index in [1.807, 2.05) is 30.3 Å². The van der Waals surface area contributed by atoms with Crippen molar-refractivity contribution in [3.05, 3.63) is 71.9 Å². The maximum absolute atomic E-state index is 13.8. The van der Waals surface area contributed by atoms with Crippen LogP contribution in [-0.2, 0) is 27.3 Å². The van der Waals surface area contributed by atoms with Gasteiger partial charge >= 0.3 is 0 Å². The highest BCUT2D eigenvalue weighted by molar-refractivity contribution is 5.91. The number of hydrogen-bond donors (Lipinski definition) is 1. The molecular weight excluding hydrogens is 434 g/mol. The van der Waals surface area contributed by atoms with Gasteiger partial charge in [0, 0.05) is 31.6 Å². The average Bonchev–Trinajstić information content (AvgIpc) is 2.83. The molecule has 0 bridgehead atoms. The number of carbonyl (C=O) groups excluding carboxylic acids is 3. The molecule has 2 aliphatic heterocycles. The number of hydrogen-bond acceptors (Lipinski definition) is 6. The van der Waals surface area contributed by atoms with Gasteiger partial charge in [-0.15, -0.1) is 0 Å². The number of phenols is 1. The number of benzene rings is 2. The molecule has 0 radical (unpaired) electrons. The first-order chi connectivity index (χ1) is 16.5. The van der Waals surface area contributed by atoms with Crippen LogP contribution in [0.25, 0.3) is 10.9 Å². The number of piperazine rings is 1. The molecule has 3 aromatic rings. The summed E-state index contributed by atoms with van der Waals surface area (Å²) in [6.07, 6.45) is 2.12. The number of aromatic hydroxyl groups is 1. The van der Waals surface area contributed by atoms with Crippen molar-refractivity contribution in [3.63, 3.8) is 0 Å². The Balaban J connectivity index is 1.52. The number of nitrogens with zero attached hydrogens (tertiary/aromatic N) is 5. The molecule has 9 nitrogen and oxygen atoms in total. The molecule has 9 heteroatoms. The van der Waals surface area contributed by atoms with E-state index in [9.17, 15) is 19.5 Å². The SMILES string of the molecule is CN1CC(=O)N2C(CN(Cc3cccc4ncccc34)C(=O)[C@@H]2Cc2ccc(O)cc2)N1C=O. The molecule has 174 valence electrons. The van der Waals surface area contributed by atoms with Crippen LogP contribution in [0.2, 0.25) is 0 Å². The quantitative estimate of drug-likeness (QED) is 0.579. The minimum absolute atomic E-state index is 0.0175. The van der Waals surface area contributed by atoms with Crippen molar-refractivity contribution in [3.8, 4) is 5.75 Å². The van der Waals surface area contributed by atoms with E-state index in [0.29, 0.717) is 13.0 Å². The van der Waals surface area contributed by atoms with Crippen LogP contribution in [0.4, 0.5) is 0 Å². The molecule has 3 heterocycles. The van der Waals surface area contributed by atoms with Gasteiger partial charge in [-0.25, -0.2) is 5.01 Å². The third-order valence-corrected chi connectivity index (χ3v) is 6.56. The average molecular weight is 460 g/mol. The molecule has 5 rings (SSSR count). The standard InChI is InChI=1S/C25H25N5O4/c1-27-15-24(33)30-22(12-17-7-9-19(32)10-8-17)25(34)28(14-23(30)29(27)16-31)13-18-4-2-6-21-20(18)5-3-11-26-21/h2-11,16,22-23,32H,12-15H2,1H3/t22-,23?/m0/s1. The van der Waals surface area contributed by atoms with Gasteiger partial charge in [-0.2, -0.15) is 0 Å². The highest BCUT2D eigenvalue weighted by Crippen LogP contribution is 2.29. The maximum Gasteiger partial charge on any atom is 0.246 e. The maximum atomic E-state index is 13.8. The van der Waals surface area contributed by atoms with Crippen LogP contribution in [0.5, 0.6) is 5.75 Å². The summed E-state index contributed by atoms with van der Waals surface area (Å²) in [5.41, 5.74) is 2.60. The lowest BCUT2D eigenvalue weighted by Gasteiger charge is -2.53. The number of rotatable bonds is 5. The number of pyridine rings is 1. The summed E-state index contributed by atoms with van der Waals surface area (Å²) < 4.78 is 0. The first-order valence-electron chi connectivity index (χ1n) is 11.1. The molecular formula is C25H25N5O4. The van der Waals surface area contributed by atoms with Gasteiger partial charge in [0.2, 0.25) is 18.2 Å². The molecule has 2 fully saturated rings. The summed E-state index contributed by atoms with van der Waals surface area (Å²) in [6.45, 7) is 0.558. The second-order valence-electron chi connectivity index (χ2n) is 8.68. The number of phenolic OH excluding ortho intramolecular Hbond substituents is 1. The Morgan fingerprint density at radius 1 is 1.09 bits per heavy atom. The highest BCUT2D eigenvalue weighted by atomic mass is 16.3. The fourth-order valence-corrected chi connectivity index (χ4v) is 4.89. The number of amides is 3. The van der Waals surface area contributed by atoms with Gasteiger partial charge in [0.15, 0.2) is 0 Å².